The Morgan fingerprint density at radius 3 is 2.85 bits per heavy atom. The number of aromatic nitrogens is 1. The van der Waals surface area contributed by atoms with Gasteiger partial charge in [-0.2, -0.15) is 0 Å². The van der Waals surface area contributed by atoms with E-state index in [1.165, 1.54) is 18.5 Å². The van der Waals surface area contributed by atoms with Crippen molar-refractivity contribution in [1.29, 1.82) is 0 Å². The Hall–Kier alpha value is -0.930. The minimum atomic E-state index is 0.235. The van der Waals surface area contributed by atoms with Crippen LogP contribution in [0.25, 0.3) is 0 Å². The van der Waals surface area contributed by atoms with Crippen LogP contribution < -0.4 is 5.32 Å². The first kappa shape index (κ1) is 15.5. The van der Waals surface area contributed by atoms with E-state index >= 15 is 0 Å². The molecule has 3 heteroatoms. The van der Waals surface area contributed by atoms with Crippen molar-refractivity contribution in [2.24, 2.45) is 5.92 Å². The summed E-state index contributed by atoms with van der Waals surface area (Å²) in [5.74, 6) is 0.715. The summed E-state index contributed by atoms with van der Waals surface area (Å²) < 4.78 is 0. The quantitative estimate of drug-likeness (QED) is 0.895. The highest BCUT2D eigenvalue weighted by molar-refractivity contribution is 5.05. The Kier molecular flexibility index (Phi) is 5.17. The lowest BCUT2D eigenvalue weighted by atomic mass is 9.88. The van der Waals surface area contributed by atoms with Gasteiger partial charge in [0.25, 0.3) is 0 Å². The van der Waals surface area contributed by atoms with Crippen molar-refractivity contribution in [2.75, 3.05) is 13.1 Å². The molecule has 2 rings (SSSR count). The highest BCUT2D eigenvalue weighted by atomic mass is 15.3. The molecule has 1 saturated heterocycles. The van der Waals surface area contributed by atoms with Crippen molar-refractivity contribution >= 4 is 0 Å². The van der Waals surface area contributed by atoms with E-state index in [4.69, 9.17) is 0 Å². The zero-order valence-electron chi connectivity index (χ0n) is 13.4. The maximum Gasteiger partial charge on any atom is 0.0544 e. The third-order valence-corrected chi connectivity index (χ3v) is 4.93. The summed E-state index contributed by atoms with van der Waals surface area (Å²) in [4.78, 5) is 7.14. The summed E-state index contributed by atoms with van der Waals surface area (Å²) in [6.07, 6.45) is 4.29. The second-order valence-corrected chi connectivity index (χ2v) is 6.47. The van der Waals surface area contributed by atoms with Gasteiger partial charge in [0.05, 0.1) is 5.69 Å². The van der Waals surface area contributed by atoms with Gasteiger partial charge in [0.15, 0.2) is 0 Å². The third-order valence-electron chi connectivity index (χ3n) is 4.93. The molecular formula is C17H29N3. The number of hydrogen-bond donors (Lipinski definition) is 1. The number of nitrogens with zero attached hydrogens (tertiary/aromatic N) is 2. The molecule has 3 atom stereocenters. The predicted molar refractivity (Wildman–Crippen MR) is 84.6 cm³/mol. The Morgan fingerprint density at radius 2 is 2.25 bits per heavy atom. The smallest absolute Gasteiger partial charge is 0.0544 e. The zero-order chi connectivity index (χ0) is 14.6. The molecule has 1 N–H and O–H groups in total. The zero-order valence-corrected chi connectivity index (χ0v) is 13.4. The number of nitrogens with one attached hydrogen (secondary N) is 1. The van der Waals surface area contributed by atoms with Crippen molar-refractivity contribution in [1.82, 2.24) is 15.2 Å². The molecular weight excluding hydrogens is 246 g/mol. The summed E-state index contributed by atoms with van der Waals surface area (Å²) in [5, 5.41) is 3.76. The first-order valence-electron chi connectivity index (χ1n) is 7.97. The molecule has 1 aromatic rings. The lowest BCUT2D eigenvalue weighted by Gasteiger charge is -2.48. The van der Waals surface area contributed by atoms with Crippen LogP contribution in [-0.2, 0) is 6.54 Å². The number of pyridine rings is 1. The van der Waals surface area contributed by atoms with Gasteiger partial charge in [0.1, 0.15) is 0 Å². The van der Waals surface area contributed by atoms with E-state index in [-0.39, 0.29) is 5.54 Å². The van der Waals surface area contributed by atoms with Gasteiger partial charge in [-0.3, -0.25) is 9.88 Å². The molecule has 2 heterocycles. The SMILES string of the molecule is CCC(C)C1CNC(C)(CC)CN1Cc1ccccn1. The van der Waals surface area contributed by atoms with Crippen LogP contribution in [0.3, 0.4) is 0 Å². The summed E-state index contributed by atoms with van der Waals surface area (Å²) in [5.41, 5.74) is 1.42. The van der Waals surface area contributed by atoms with Crippen molar-refractivity contribution in [3.8, 4) is 0 Å². The Labute approximate surface area is 123 Å². The molecule has 0 aromatic carbocycles. The molecule has 0 aliphatic carbocycles. The molecule has 1 aliphatic rings. The van der Waals surface area contributed by atoms with Crippen LogP contribution in [0.5, 0.6) is 0 Å². The van der Waals surface area contributed by atoms with Crippen LogP contribution in [0.15, 0.2) is 24.4 Å². The summed E-state index contributed by atoms with van der Waals surface area (Å²) in [7, 11) is 0. The number of piperazine rings is 1. The summed E-state index contributed by atoms with van der Waals surface area (Å²) >= 11 is 0. The van der Waals surface area contributed by atoms with Crippen LogP contribution in [0.4, 0.5) is 0 Å². The van der Waals surface area contributed by atoms with Gasteiger partial charge in [-0.05, 0) is 31.4 Å². The van der Waals surface area contributed by atoms with Gasteiger partial charge in [-0.25, -0.2) is 0 Å². The first-order valence-corrected chi connectivity index (χ1v) is 7.97. The molecule has 1 aromatic heterocycles. The second kappa shape index (κ2) is 6.68. The van der Waals surface area contributed by atoms with Gasteiger partial charge in [0, 0.05) is 37.4 Å². The molecule has 0 amide bonds. The van der Waals surface area contributed by atoms with Crippen molar-refractivity contribution in [3.63, 3.8) is 0 Å². The highest BCUT2D eigenvalue weighted by Crippen LogP contribution is 2.25. The van der Waals surface area contributed by atoms with Gasteiger partial charge >= 0.3 is 0 Å². The van der Waals surface area contributed by atoms with E-state index < -0.39 is 0 Å². The second-order valence-electron chi connectivity index (χ2n) is 6.47. The van der Waals surface area contributed by atoms with E-state index in [1.54, 1.807) is 0 Å². The van der Waals surface area contributed by atoms with E-state index in [0.717, 1.165) is 19.6 Å². The van der Waals surface area contributed by atoms with Crippen molar-refractivity contribution < 1.29 is 0 Å². The first-order chi connectivity index (χ1) is 9.58. The standard InChI is InChI=1S/C17H29N3/c1-5-14(3)16-11-19-17(4,6-2)13-20(16)12-15-9-7-8-10-18-15/h7-10,14,16,19H,5-6,11-13H2,1-4H3. The van der Waals surface area contributed by atoms with Crippen LogP contribution >= 0.6 is 0 Å². The lowest BCUT2D eigenvalue weighted by Crippen LogP contribution is -2.63. The molecule has 1 fully saturated rings. The van der Waals surface area contributed by atoms with Gasteiger partial charge in [0.2, 0.25) is 0 Å². The third kappa shape index (κ3) is 3.58. The molecule has 1 aliphatic heterocycles. The summed E-state index contributed by atoms with van der Waals surface area (Å²) in [6, 6.07) is 6.83. The van der Waals surface area contributed by atoms with Gasteiger partial charge in [-0.15, -0.1) is 0 Å². The summed E-state index contributed by atoms with van der Waals surface area (Å²) in [6.45, 7) is 12.4. The Bertz CT molecular complexity index is 406. The highest BCUT2D eigenvalue weighted by Gasteiger charge is 2.36. The fourth-order valence-corrected chi connectivity index (χ4v) is 3.04. The molecule has 20 heavy (non-hydrogen) atoms. The average Bonchev–Trinajstić information content (AvgIpc) is 2.48. The Morgan fingerprint density at radius 1 is 1.45 bits per heavy atom. The van der Waals surface area contributed by atoms with E-state index in [9.17, 15) is 0 Å². The maximum atomic E-state index is 4.50. The van der Waals surface area contributed by atoms with Crippen LogP contribution in [0.1, 0.15) is 46.2 Å². The van der Waals surface area contributed by atoms with Crippen LogP contribution in [0.2, 0.25) is 0 Å². The van der Waals surface area contributed by atoms with Crippen LogP contribution in [-0.4, -0.2) is 34.6 Å². The molecule has 3 unspecified atom stereocenters. The molecule has 3 nitrogen and oxygen atoms in total. The average molecular weight is 275 g/mol. The minimum absolute atomic E-state index is 0.235. The maximum absolute atomic E-state index is 4.50. The monoisotopic (exact) mass is 275 g/mol. The molecule has 0 saturated carbocycles. The topological polar surface area (TPSA) is 28.2 Å². The van der Waals surface area contributed by atoms with Gasteiger partial charge in [-0.1, -0.05) is 33.3 Å². The minimum Gasteiger partial charge on any atom is -0.309 e. The number of hydrogen-bond acceptors (Lipinski definition) is 3. The van der Waals surface area contributed by atoms with Crippen molar-refractivity contribution in [2.45, 2.75) is 58.7 Å². The van der Waals surface area contributed by atoms with Gasteiger partial charge < -0.3 is 5.32 Å². The fourth-order valence-electron chi connectivity index (χ4n) is 3.04. The molecule has 112 valence electrons. The van der Waals surface area contributed by atoms with Crippen molar-refractivity contribution in [3.05, 3.63) is 30.1 Å². The fraction of sp³-hybridized carbons (Fsp3) is 0.706. The lowest BCUT2D eigenvalue weighted by molar-refractivity contribution is 0.0477. The molecule has 0 bridgehead atoms. The Balaban J connectivity index is 2.13. The predicted octanol–water partition coefficient (Wildman–Crippen LogP) is 3.07. The number of rotatable bonds is 5. The molecule has 0 radical (unpaired) electrons. The largest absolute Gasteiger partial charge is 0.309 e. The molecule has 0 spiro atoms. The van der Waals surface area contributed by atoms with E-state index in [2.05, 4.69) is 55.0 Å². The van der Waals surface area contributed by atoms with Crippen LogP contribution in [0, 0.1) is 5.92 Å². The normalized spacial score (nSPS) is 29.3. The van der Waals surface area contributed by atoms with E-state index in [0.29, 0.717) is 12.0 Å². The van der Waals surface area contributed by atoms with E-state index in [1.807, 2.05) is 12.3 Å².